The maximum Gasteiger partial charge on any atom is 0.238 e. The van der Waals surface area contributed by atoms with Gasteiger partial charge in [-0.2, -0.15) is 0 Å². The van der Waals surface area contributed by atoms with Crippen molar-refractivity contribution in [3.63, 3.8) is 0 Å². The number of rotatable bonds is 6. The van der Waals surface area contributed by atoms with Crippen LogP contribution in [0, 0.1) is 13.8 Å². The van der Waals surface area contributed by atoms with Gasteiger partial charge >= 0.3 is 0 Å². The summed E-state index contributed by atoms with van der Waals surface area (Å²) in [6.07, 6.45) is 0.901. The quantitative estimate of drug-likeness (QED) is 0.849. The Kier molecular flexibility index (Phi) is 5.00. The molecular weight excluding hydrogens is 302 g/mol. The third kappa shape index (κ3) is 3.73. The molecule has 6 nitrogen and oxygen atoms in total. The van der Waals surface area contributed by atoms with E-state index in [1.54, 1.807) is 12.1 Å². The van der Waals surface area contributed by atoms with E-state index in [4.69, 9.17) is 9.66 Å². The van der Waals surface area contributed by atoms with Gasteiger partial charge in [-0.1, -0.05) is 24.2 Å². The molecule has 120 valence electrons. The fourth-order valence-electron chi connectivity index (χ4n) is 2.48. The molecule has 2 aromatic rings. The first kappa shape index (κ1) is 16.7. The van der Waals surface area contributed by atoms with Gasteiger partial charge in [0.15, 0.2) is 0 Å². The van der Waals surface area contributed by atoms with Gasteiger partial charge in [-0.3, -0.25) is 0 Å². The van der Waals surface area contributed by atoms with Crippen molar-refractivity contribution in [3.8, 4) is 0 Å². The maximum atomic E-state index is 11.2. The zero-order chi connectivity index (χ0) is 16.3. The predicted octanol–water partition coefficient (Wildman–Crippen LogP) is 2.18. The van der Waals surface area contributed by atoms with E-state index in [1.165, 1.54) is 12.1 Å². The number of aromatic nitrogens is 1. The third-order valence-corrected chi connectivity index (χ3v) is 4.58. The van der Waals surface area contributed by atoms with Crippen LogP contribution in [0.3, 0.4) is 0 Å². The lowest BCUT2D eigenvalue weighted by Crippen LogP contribution is -2.21. The van der Waals surface area contributed by atoms with E-state index < -0.39 is 10.0 Å². The van der Waals surface area contributed by atoms with E-state index in [9.17, 15) is 8.42 Å². The summed E-state index contributed by atoms with van der Waals surface area (Å²) in [5.74, 6) is 0.821. The molecule has 3 N–H and O–H groups in total. The van der Waals surface area contributed by atoms with Gasteiger partial charge in [0, 0.05) is 18.2 Å². The standard InChI is InChI=1S/C15H21N3O3S/c1-4-14(15-10(2)18-21-11(15)3)17-9-12-5-7-13(8-6-12)22(16,19)20/h5-8,14,17H,4,9H2,1-3H3,(H2,16,19,20). The van der Waals surface area contributed by atoms with Crippen molar-refractivity contribution >= 4 is 10.0 Å². The second-order valence-corrected chi connectivity index (χ2v) is 6.83. The number of primary sulfonamides is 1. The number of hydrogen-bond acceptors (Lipinski definition) is 5. The minimum Gasteiger partial charge on any atom is -0.361 e. The molecule has 0 aliphatic rings. The molecule has 2 rings (SSSR count). The molecule has 1 aromatic carbocycles. The molecule has 1 heterocycles. The molecule has 0 radical (unpaired) electrons. The first-order valence-corrected chi connectivity index (χ1v) is 8.65. The van der Waals surface area contributed by atoms with E-state index in [0.29, 0.717) is 6.54 Å². The fraction of sp³-hybridized carbons (Fsp3) is 0.400. The molecular formula is C15H21N3O3S. The molecule has 1 unspecified atom stereocenters. The van der Waals surface area contributed by atoms with Gasteiger partial charge in [-0.25, -0.2) is 13.6 Å². The molecule has 0 aliphatic carbocycles. The number of nitrogens with zero attached hydrogens (tertiary/aromatic N) is 1. The molecule has 1 atom stereocenters. The van der Waals surface area contributed by atoms with Crippen LogP contribution < -0.4 is 10.5 Å². The molecule has 0 fully saturated rings. The highest BCUT2D eigenvalue weighted by Gasteiger charge is 2.18. The normalized spacial score (nSPS) is 13.3. The average Bonchev–Trinajstić information content (AvgIpc) is 2.80. The highest BCUT2D eigenvalue weighted by molar-refractivity contribution is 7.89. The lowest BCUT2D eigenvalue weighted by molar-refractivity contribution is 0.389. The van der Waals surface area contributed by atoms with Gasteiger partial charge in [0.25, 0.3) is 0 Å². The molecule has 0 saturated heterocycles. The predicted molar refractivity (Wildman–Crippen MR) is 83.7 cm³/mol. The van der Waals surface area contributed by atoms with E-state index >= 15 is 0 Å². The Labute approximate surface area is 130 Å². The summed E-state index contributed by atoms with van der Waals surface area (Å²) in [5.41, 5.74) is 2.96. The van der Waals surface area contributed by atoms with Crippen LogP contribution in [0.2, 0.25) is 0 Å². The SMILES string of the molecule is CCC(NCc1ccc(S(N)(=O)=O)cc1)c1c(C)noc1C. The van der Waals surface area contributed by atoms with Crippen molar-refractivity contribution in [1.29, 1.82) is 0 Å². The zero-order valence-electron chi connectivity index (χ0n) is 13.0. The maximum absolute atomic E-state index is 11.2. The number of aryl methyl sites for hydroxylation is 2. The Hall–Kier alpha value is -1.70. The summed E-state index contributed by atoms with van der Waals surface area (Å²) in [5, 5.41) is 12.5. The molecule has 0 amide bonds. The third-order valence-electron chi connectivity index (χ3n) is 3.65. The second kappa shape index (κ2) is 6.60. The Balaban J connectivity index is 2.08. The van der Waals surface area contributed by atoms with Crippen molar-refractivity contribution in [1.82, 2.24) is 10.5 Å². The minimum atomic E-state index is -3.64. The number of sulfonamides is 1. The molecule has 22 heavy (non-hydrogen) atoms. The molecule has 0 saturated carbocycles. The molecule has 0 bridgehead atoms. The van der Waals surface area contributed by atoms with Crippen LogP contribution in [0.1, 0.15) is 42.0 Å². The van der Waals surface area contributed by atoms with Gasteiger partial charge in [-0.15, -0.1) is 0 Å². The van der Waals surface area contributed by atoms with Crippen molar-refractivity contribution in [2.45, 2.75) is 44.7 Å². The van der Waals surface area contributed by atoms with Gasteiger partial charge in [-0.05, 0) is 38.0 Å². The molecule has 0 aliphatic heterocycles. The molecule has 1 aromatic heterocycles. The van der Waals surface area contributed by atoms with Crippen LogP contribution in [-0.4, -0.2) is 13.6 Å². The number of hydrogen-bond donors (Lipinski definition) is 2. The monoisotopic (exact) mass is 323 g/mol. The van der Waals surface area contributed by atoms with Crippen LogP contribution in [0.25, 0.3) is 0 Å². The van der Waals surface area contributed by atoms with Gasteiger partial charge in [0.1, 0.15) is 5.76 Å². The zero-order valence-corrected chi connectivity index (χ0v) is 13.8. The van der Waals surface area contributed by atoms with Crippen molar-refractivity contribution < 1.29 is 12.9 Å². The van der Waals surface area contributed by atoms with Gasteiger partial charge in [0.2, 0.25) is 10.0 Å². The summed E-state index contributed by atoms with van der Waals surface area (Å²) in [7, 11) is -3.64. The number of benzene rings is 1. The highest BCUT2D eigenvalue weighted by Crippen LogP contribution is 2.24. The summed E-state index contributed by atoms with van der Waals surface area (Å²) >= 11 is 0. The molecule has 0 spiro atoms. The first-order chi connectivity index (χ1) is 10.3. The van der Waals surface area contributed by atoms with E-state index in [2.05, 4.69) is 17.4 Å². The van der Waals surface area contributed by atoms with Crippen molar-refractivity contribution in [2.75, 3.05) is 0 Å². The van der Waals surface area contributed by atoms with E-state index in [1.807, 2.05) is 13.8 Å². The molecule has 7 heteroatoms. The van der Waals surface area contributed by atoms with Gasteiger partial charge < -0.3 is 9.84 Å². The summed E-state index contributed by atoms with van der Waals surface area (Å²) in [6, 6.07) is 6.69. The van der Waals surface area contributed by atoms with Crippen LogP contribution in [0.5, 0.6) is 0 Å². The topological polar surface area (TPSA) is 98.2 Å². The summed E-state index contributed by atoms with van der Waals surface area (Å²) < 4.78 is 27.7. The number of nitrogens with two attached hydrogens (primary N) is 1. The van der Waals surface area contributed by atoms with Crippen LogP contribution in [0.4, 0.5) is 0 Å². The largest absolute Gasteiger partial charge is 0.361 e. The van der Waals surface area contributed by atoms with E-state index in [-0.39, 0.29) is 10.9 Å². The highest BCUT2D eigenvalue weighted by atomic mass is 32.2. The summed E-state index contributed by atoms with van der Waals surface area (Å²) in [6.45, 7) is 6.54. The lowest BCUT2D eigenvalue weighted by atomic mass is 10.0. The Morgan fingerprint density at radius 2 is 1.91 bits per heavy atom. The first-order valence-electron chi connectivity index (χ1n) is 7.10. The number of nitrogens with one attached hydrogen (secondary N) is 1. The fourth-order valence-corrected chi connectivity index (χ4v) is 2.99. The second-order valence-electron chi connectivity index (χ2n) is 5.27. The van der Waals surface area contributed by atoms with Crippen LogP contribution in [-0.2, 0) is 16.6 Å². The average molecular weight is 323 g/mol. The van der Waals surface area contributed by atoms with Gasteiger partial charge in [0.05, 0.1) is 10.6 Å². The van der Waals surface area contributed by atoms with Crippen molar-refractivity contribution in [3.05, 3.63) is 46.8 Å². The Bertz CT molecular complexity index is 716. The minimum absolute atomic E-state index is 0.119. The Morgan fingerprint density at radius 1 is 1.27 bits per heavy atom. The van der Waals surface area contributed by atoms with Crippen LogP contribution in [0.15, 0.2) is 33.7 Å². The smallest absolute Gasteiger partial charge is 0.238 e. The van der Waals surface area contributed by atoms with Crippen molar-refractivity contribution in [2.24, 2.45) is 5.14 Å². The van der Waals surface area contributed by atoms with E-state index in [0.717, 1.165) is 29.0 Å². The van der Waals surface area contributed by atoms with Crippen LogP contribution >= 0.6 is 0 Å². The summed E-state index contributed by atoms with van der Waals surface area (Å²) in [4.78, 5) is 0.119. The Morgan fingerprint density at radius 3 is 2.36 bits per heavy atom. The lowest BCUT2D eigenvalue weighted by Gasteiger charge is -2.17.